The second-order valence-electron chi connectivity index (χ2n) is 2.31. The Morgan fingerprint density at radius 2 is 1.65 bits per heavy atom. The predicted molar refractivity (Wildman–Crippen MR) is 42.8 cm³/mol. The largest absolute Gasteiger partial charge is 0.511 e. The lowest BCUT2D eigenvalue weighted by Gasteiger charge is -2.10. The van der Waals surface area contributed by atoms with Crippen LogP contribution in [0.15, 0.2) is 18.7 Å². The summed E-state index contributed by atoms with van der Waals surface area (Å²) >= 11 is 0. The van der Waals surface area contributed by atoms with Crippen LogP contribution in [0.4, 0.5) is 26.3 Å². The summed E-state index contributed by atoms with van der Waals surface area (Å²) < 4.78 is 85.8. The molecule has 0 amide bonds. The highest BCUT2D eigenvalue weighted by atomic mass is 32.2. The van der Waals surface area contributed by atoms with Gasteiger partial charge in [0.2, 0.25) is 0 Å². The van der Waals surface area contributed by atoms with Crippen LogP contribution in [0, 0.1) is 0 Å². The van der Waals surface area contributed by atoms with Crippen LogP contribution < -0.4 is 4.72 Å². The molecule has 100 valence electrons. The molecule has 17 heavy (non-hydrogen) atoms. The summed E-state index contributed by atoms with van der Waals surface area (Å²) in [4.78, 5) is 6.42. The number of aromatic nitrogens is 2. The van der Waals surface area contributed by atoms with E-state index in [4.69, 9.17) is 0 Å². The van der Waals surface area contributed by atoms with Crippen molar-refractivity contribution in [3.8, 4) is 0 Å². The number of sulfonamides is 1. The fourth-order valence-electron chi connectivity index (χ4n) is 0.425. The fourth-order valence-corrected chi connectivity index (χ4v) is 0.846. The Morgan fingerprint density at radius 1 is 1.12 bits per heavy atom. The van der Waals surface area contributed by atoms with Crippen molar-refractivity contribution in [1.82, 2.24) is 14.7 Å². The third kappa shape index (κ3) is 6.78. The minimum absolute atomic E-state index is 0.517. The van der Waals surface area contributed by atoms with Crippen LogP contribution >= 0.6 is 0 Å². The molecule has 0 aliphatic heterocycles. The molecule has 0 saturated heterocycles. The smallest absolute Gasteiger partial charge is 0.351 e. The molecular formula is C5H5F6N3O2S. The highest BCUT2D eigenvalue weighted by Gasteiger charge is 2.51. The maximum atomic E-state index is 11.2. The maximum Gasteiger partial charge on any atom is 0.511 e. The summed E-state index contributed by atoms with van der Waals surface area (Å²) in [6.45, 7) is 0. The van der Waals surface area contributed by atoms with E-state index in [-0.39, 0.29) is 0 Å². The van der Waals surface area contributed by atoms with Gasteiger partial charge in [0.1, 0.15) is 0 Å². The molecule has 0 aromatic carbocycles. The Labute approximate surface area is 90.9 Å². The van der Waals surface area contributed by atoms with Crippen molar-refractivity contribution in [3.63, 3.8) is 0 Å². The van der Waals surface area contributed by atoms with E-state index in [2.05, 4.69) is 9.97 Å². The van der Waals surface area contributed by atoms with Gasteiger partial charge in [-0.15, -0.1) is 4.72 Å². The molecule has 0 aliphatic rings. The van der Waals surface area contributed by atoms with Crippen LogP contribution in [0.2, 0.25) is 0 Å². The minimum Gasteiger partial charge on any atom is -0.351 e. The van der Waals surface area contributed by atoms with Gasteiger partial charge in [0, 0.05) is 12.4 Å². The molecule has 12 heteroatoms. The normalized spacial score (nSPS) is 12.8. The van der Waals surface area contributed by atoms with Crippen LogP contribution in [0.3, 0.4) is 0 Å². The zero-order chi connectivity index (χ0) is 13.7. The number of rotatable bonds is 1. The van der Waals surface area contributed by atoms with Crippen molar-refractivity contribution in [2.24, 2.45) is 0 Å². The van der Waals surface area contributed by atoms with Gasteiger partial charge in [-0.25, -0.2) is 13.4 Å². The molecule has 0 radical (unpaired) electrons. The predicted octanol–water partition coefficient (Wildman–Crippen LogP) is 1.36. The van der Waals surface area contributed by atoms with Crippen molar-refractivity contribution < 1.29 is 34.8 Å². The third-order valence-electron chi connectivity index (χ3n) is 0.961. The average molecular weight is 285 g/mol. The highest BCUT2D eigenvalue weighted by molar-refractivity contribution is 7.90. The third-order valence-corrected chi connectivity index (χ3v) is 2.07. The van der Waals surface area contributed by atoms with Gasteiger partial charge in [-0.2, -0.15) is 26.3 Å². The molecule has 0 atom stereocenters. The molecule has 1 heterocycles. The van der Waals surface area contributed by atoms with Crippen LogP contribution in [0.25, 0.3) is 0 Å². The van der Waals surface area contributed by atoms with E-state index >= 15 is 0 Å². The topological polar surface area (TPSA) is 74.8 Å². The van der Waals surface area contributed by atoms with Crippen LogP contribution in [-0.4, -0.2) is 30.2 Å². The SMILES string of the molecule is O=S(=O)(NC(F)(F)F)C(F)(F)F.c1c[nH]cn1. The Kier molecular flexibility index (Phi) is 4.94. The summed E-state index contributed by atoms with van der Waals surface area (Å²) in [6.07, 6.45) is -0.533. The Bertz CT molecular complexity index is 391. The molecule has 0 unspecified atom stereocenters. The molecule has 1 rings (SSSR count). The summed E-state index contributed by atoms with van der Waals surface area (Å²) in [5, 5.41) is 0. The number of aromatic amines is 1. The van der Waals surface area contributed by atoms with E-state index in [0.29, 0.717) is 0 Å². The van der Waals surface area contributed by atoms with Crippen LogP contribution in [0.1, 0.15) is 0 Å². The molecular weight excluding hydrogens is 280 g/mol. The quantitative estimate of drug-likeness (QED) is 0.604. The standard InChI is InChI=1S/C3H4N2.C2HF6NO2S/c1-2-5-3-4-1;3-1(4,5)9-12(10,11)2(6,7)8/h1-3H,(H,4,5);9H. The van der Waals surface area contributed by atoms with Crippen molar-refractivity contribution >= 4 is 10.0 Å². The van der Waals surface area contributed by atoms with Gasteiger partial charge in [-0.3, -0.25) is 0 Å². The average Bonchev–Trinajstić information content (AvgIpc) is 2.51. The fraction of sp³-hybridized carbons (Fsp3) is 0.400. The number of imidazole rings is 1. The lowest BCUT2D eigenvalue weighted by molar-refractivity contribution is -0.143. The molecule has 2 N–H and O–H groups in total. The van der Waals surface area contributed by atoms with Gasteiger partial charge < -0.3 is 4.98 Å². The number of hydrogen-bond donors (Lipinski definition) is 2. The van der Waals surface area contributed by atoms with E-state index in [9.17, 15) is 34.8 Å². The van der Waals surface area contributed by atoms with Crippen molar-refractivity contribution in [3.05, 3.63) is 18.7 Å². The minimum atomic E-state index is -6.33. The molecule has 0 saturated carbocycles. The van der Waals surface area contributed by atoms with Gasteiger partial charge in [-0.05, 0) is 0 Å². The number of nitrogens with zero attached hydrogens (tertiary/aromatic N) is 1. The highest BCUT2D eigenvalue weighted by Crippen LogP contribution is 2.25. The van der Waals surface area contributed by atoms with E-state index in [1.165, 1.54) is 0 Å². The lowest BCUT2D eigenvalue weighted by atomic mass is 11.0. The zero-order valence-corrected chi connectivity index (χ0v) is 8.49. The first kappa shape index (κ1) is 15.7. The summed E-state index contributed by atoms with van der Waals surface area (Å²) in [5.74, 6) is 0. The van der Waals surface area contributed by atoms with Crippen molar-refractivity contribution in [2.75, 3.05) is 0 Å². The second-order valence-corrected chi connectivity index (χ2v) is 3.98. The molecule has 5 nitrogen and oxygen atoms in total. The first-order valence-electron chi connectivity index (χ1n) is 3.55. The van der Waals surface area contributed by atoms with Gasteiger partial charge in [0.15, 0.2) is 0 Å². The van der Waals surface area contributed by atoms with E-state index in [0.717, 1.165) is 0 Å². The van der Waals surface area contributed by atoms with E-state index < -0.39 is 26.6 Å². The summed E-state index contributed by atoms with van der Waals surface area (Å²) in [5.41, 5.74) is -5.96. The number of alkyl halides is 6. The Morgan fingerprint density at radius 3 is 1.76 bits per heavy atom. The number of hydrogen-bond acceptors (Lipinski definition) is 3. The van der Waals surface area contributed by atoms with Gasteiger partial charge >= 0.3 is 21.8 Å². The number of halogens is 6. The number of nitrogens with one attached hydrogen (secondary N) is 2. The molecule has 1 aromatic heterocycles. The van der Waals surface area contributed by atoms with E-state index in [1.807, 2.05) is 0 Å². The van der Waals surface area contributed by atoms with Crippen LogP contribution in [0.5, 0.6) is 0 Å². The lowest BCUT2D eigenvalue weighted by Crippen LogP contribution is -2.44. The van der Waals surface area contributed by atoms with Gasteiger partial charge in [-0.1, -0.05) is 0 Å². The van der Waals surface area contributed by atoms with Crippen molar-refractivity contribution in [2.45, 2.75) is 11.8 Å². The van der Waals surface area contributed by atoms with Crippen molar-refractivity contribution in [1.29, 1.82) is 0 Å². The van der Waals surface area contributed by atoms with Gasteiger partial charge in [0.25, 0.3) is 0 Å². The number of H-pyrrole nitrogens is 1. The van der Waals surface area contributed by atoms with Crippen LogP contribution in [-0.2, 0) is 10.0 Å². The second kappa shape index (κ2) is 5.35. The molecule has 0 bridgehead atoms. The molecule has 1 aromatic rings. The first-order chi connectivity index (χ1) is 7.46. The summed E-state index contributed by atoms with van der Waals surface area (Å²) in [7, 11) is -6.33. The first-order valence-corrected chi connectivity index (χ1v) is 5.04. The monoisotopic (exact) mass is 285 g/mol. The molecule has 0 aliphatic carbocycles. The molecule has 0 fully saturated rings. The molecule has 0 spiro atoms. The Balaban J connectivity index is 0.000000419. The maximum absolute atomic E-state index is 11.2. The zero-order valence-electron chi connectivity index (χ0n) is 7.67. The van der Waals surface area contributed by atoms with Gasteiger partial charge in [0.05, 0.1) is 6.33 Å². The Hall–Kier alpha value is -1.30. The summed E-state index contributed by atoms with van der Waals surface area (Å²) in [6, 6.07) is 0. The van der Waals surface area contributed by atoms with E-state index in [1.54, 1.807) is 18.7 Å².